The van der Waals surface area contributed by atoms with Gasteiger partial charge < -0.3 is 5.32 Å². The van der Waals surface area contributed by atoms with Gasteiger partial charge in [-0.05, 0) is 54.3 Å². The van der Waals surface area contributed by atoms with E-state index in [2.05, 4.69) is 22.7 Å². The third-order valence-electron chi connectivity index (χ3n) is 5.49. The fraction of sp³-hybridized carbons (Fsp3) is 0.185. The monoisotopic (exact) mass is 458 g/mol. The predicted molar refractivity (Wildman–Crippen MR) is 134 cm³/mol. The number of halogens is 1. The van der Waals surface area contributed by atoms with E-state index in [1.54, 1.807) is 4.68 Å². The Labute approximate surface area is 199 Å². The van der Waals surface area contributed by atoms with Crippen LogP contribution in [0.5, 0.6) is 0 Å². The summed E-state index contributed by atoms with van der Waals surface area (Å²) in [6, 6.07) is 25.0. The van der Waals surface area contributed by atoms with Gasteiger partial charge in [0.05, 0.1) is 6.20 Å². The number of anilines is 1. The van der Waals surface area contributed by atoms with Gasteiger partial charge in [0.2, 0.25) is 5.91 Å². The number of aromatic nitrogens is 2. The van der Waals surface area contributed by atoms with Crippen LogP contribution in [-0.4, -0.2) is 21.7 Å². The minimum absolute atomic E-state index is 0.0788. The first-order valence-corrected chi connectivity index (χ1v) is 11.3. The van der Waals surface area contributed by atoms with Gasteiger partial charge in [-0.15, -0.1) is 0 Å². The second-order valence-corrected chi connectivity index (χ2v) is 8.65. The molecule has 6 heteroatoms. The lowest BCUT2D eigenvalue weighted by molar-refractivity contribution is -0.118. The SMILES string of the molecule is C[C@H](Cc1ccc(Cl)cc1)N[C@H](C(=O)Nc1ccc(-c2cnn(C)c2)cc1)c1ccccc1. The average Bonchev–Trinajstić information content (AvgIpc) is 3.26. The van der Waals surface area contributed by atoms with Gasteiger partial charge in [-0.2, -0.15) is 5.10 Å². The number of hydrogen-bond acceptors (Lipinski definition) is 3. The largest absolute Gasteiger partial charge is 0.324 e. The van der Waals surface area contributed by atoms with Crippen LogP contribution < -0.4 is 10.6 Å². The third kappa shape index (κ3) is 6.09. The molecule has 0 unspecified atom stereocenters. The Hall–Kier alpha value is -3.41. The standard InChI is InChI=1S/C27H27ClN4O/c1-19(16-20-8-12-24(28)13-9-20)30-26(22-6-4-3-5-7-22)27(33)31-25-14-10-21(11-15-25)23-17-29-32(2)18-23/h3-15,17-19,26,30H,16H2,1-2H3,(H,31,33)/t19-,26+/m1/s1. The Bertz CT molecular complexity index is 1190. The molecule has 0 spiro atoms. The molecule has 0 saturated heterocycles. The molecule has 0 radical (unpaired) electrons. The molecule has 4 rings (SSSR count). The van der Waals surface area contributed by atoms with E-state index < -0.39 is 6.04 Å². The van der Waals surface area contributed by atoms with Gasteiger partial charge in [-0.3, -0.25) is 14.8 Å². The summed E-state index contributed by atoms with van der Waals surface area (Å²) in [6.07, 6.45) is 4.57. The topological polar surface area (TPSA) is 59.0 Å². The summed E-state index contributed by atoms with van der Waals surface area (Å²) in [6.45, 7) is 2.08. The van der Waals surface area contributed by atoms with Gasteiger partial charge in [-0.1, -0.05) is 66.2 Å². The van der Waals surface area contributed by atoms with Crippen molar-refractivity contribution in [1.29, 1.82) is 0 Å². The summed E-state index contributed by atoms with van der Waals surface area (Å²) >= 11 is 6.00. The van der Waals surface area contributed by atoms with Crippen LogP contribution in [0.25, 0.3) is 11.1 Å². The van der Waals surface area contributed by atoms with Gasteiger partial charge in [0.1, 0.15) is 6.04 Å². The molecular weight excluding hydrogens is 432 g/mol. The zero-order chi connectivity index (χ0) is 23.2. The highest BCUT2D eigenvalue weighted by atomic mass is 35.5. The van der Waals surface area contributed by atoms with Gasteiger partial charge in [0, 0.05) is 35.6 Å². The Balaban J connectivity index is 1.47. The maximum absolute atomic E-state index is 13.3. The molecule has 1 amide bonds. The summed E-state index contributed by atoms with van der Waals surface area (Å²) < 4.78 is 1.77. The maximum Gasteiger partial charge on any atom is 0.246 e. The average molecular weight is 459 g/mol. The Morgan fingerprint density at radius 3 is 2.30 bits per heavy atom. The molecule has 0 aliphatic carbocycles. The lowest BCUT2D eigenvalue weighted by Gasteiger charge is -2.23. The fourth-order valence-electron chi connectivity index (χ4n) is 3.82. The van der Waals surface area contributed by atoms with Crippen LogP contribution in [0.15, 0.2) is 91.3 Å². The Kier molecular flexibility index (Phi) is 7.23. The molecule has 0 fully saturated rings. The van der Waals surface area contributed by atoms with Gasteiger partial charge in [-0.25, -0.2) is 0 Å². The number of hydrogen-bond donors (Lipinski definition) is 2. The highest BCUT2D eigenvalue weighted by Crippen LogP contribution is 2.22. The van der Waals surface area contributed by atoms with E-state index in [1.165, 1.54) is 0 Å². The summed E-state index contributed by atoms with van der Waals surface area (Å²) in [4.78, 5) is 13.3. The molecular formula is C27H27ClN4O. The van der Waals surface area contributed by atoms with Crippen LogP contribution in [0.1, 0.15) is 24.1 Å². The van der Waals surface area contributed by atoms with Crippen molar-refractivity contribution in [3.05, 3.63) is 107 Å². The maximum atomic E-state index is 13.3. The van der Waals surface area contributed by atoms with Crippen LogP contribution >= 0.6 is 11.6 Å². The molecule has 33 heavy (non-hydrogen) atoms. The summed E-state index contributed by atoms with van der Waals surface area (Å²) in [7, 11) is 1.89. The van der Waals surface area contributed by atoms with E-state index in [0.717, 1.165) is 39.4 Å². The summed E-state index contributed by atoms with van der Waals surface area (Å²) in [5, 5.41) is 11.5. The van der Waals surface area contributed by atoms with Gasteiger partial charge in [0.15, 0.2) is 0 Å². The molecule has 0 aliphatic rings. The van der Waals surface area contributed by atoms with Crippen molar-refractivity contribution in [3.63, 3.8) is 0 Å². The molecule has 0 aliphatic heterocycles. The van der Waals surface area contributed by atoms with Crippen LogP contribution in [0.3, 0.4) is 0 Å². The number of nitrogens with zero attached hydrogens (tertiary/aromatic N) is 2. The zero-order valence-corrected chi connectivity index (χ0v) is 19.5. The lowest BCUT2D eigenvalue weighted by atomic mass is 10.0. The van der Waals surface area contributed by atoms with Crippen molar-refractivity contribution in [2.75, 3.05) is 5.32 Å². The van der Waals surface area contributed by atoms with E-state index in [-0.39, 0.29) is 11.9 Å². The number of carbonyl (C=O) groups excluding carboxylic acids is 1. The molecule has 2 atom stereocenters. The summed E-state index contributed by atoms with van der Waals surface area (Å²) in [5.74, 6) is -0.0988. The van der Waals surface area contributed by atoms with Crippen molar-refractivity contribution < 1.29 is 4.79 Å². The second-order valence-electron chi connectivity index (χ2n) is 8.21. The smallest absolute Gasteiger partial charge is 0.246 e. The first kappa shape index (κ1) is 22.8. The molecule has 0 bridgehead atoms. The number of benzene rings is 3. The normalized spacial score (nSPS) is 12.8. The second kappa shape index (κ2) is 10.5. The number of rotatable bonds is 8. The van der Waals surface area contributed by atoms with E-state index in [0.29, 0.717) is 0 Å². The first-order chi connectivity index (χ1) is 16.0. The van der Waals surface area contributed by atoms with Crippen LogP contribution in [-0.2, 0) is 18.3 Å². The lowest BCUT2D eigenvalue weighted by Crippen LogP contribution is -2.39. The Morgan fingerprint density at radius 2 is 1.67 bits per heavy atom. The first-order valence-electron chi connectivity index (χ1n) is 10.9. The predicted octanol–water partition coefficient (Wildman–Crippen LogP) is 5.64. The highest BCUT2D eigenvalue weighted by Gasteiger charge is 2.22. The molecule has 1 aromatic heterocycles. The van der Waals surface area contributed by atoms with E-state index in [4.69, 9.17) is 11.6 Å². The van der Waals surface area contributed by atoms with Crippen molar-refractivity contribution in [1.82, 2.24) is 15.1 Å². The molecule has 4 aromatic rings. The minimum atomic E-state index is -0.480. The number of carbonyl (C=O) groups is 1. The fourth-order valence-corrected chi connectivity index (χ4v) is 3.94. The van der Waals surface area contributed by atoms with E-state index in [9.17, 15) is 4.79 Å². The molecule has 3 aromatic carbocycles. The number of aryl methyl sites for hydroxylation is 1. The van der Waals surface area contributed by atoms with Crippen molar-refractivity contribution >= 4 is 23.2 Å². The van der Waals surface area contributed by atoms with Crippen LogP contribution in [0.2, 0.25) is 5.02 Å². The molecule has 0 saturated carbocycles. The number of amides is 1. The number of nitrogens with one attached hydrogen (secondary N) is 2. The van der Waals surface area contributed by atoms with Crippen molar-refractivity contribution in [3.8, 4) is 11.1 Å². The Morgan fingerprint density at radius 1 is 0.970 bits per heavy atom. The quantitative estimate of drug-likeness (QED) is 0.359. The summed E-state index contributed by atoms with van der Waals surface area (Å²) in [5.41, 5.74) is 4.92. The zero-order valence-electron chi connectivity index (χ0n) is 18.7. The van der Waals surface area contributed by atoms with Gasteiger partial charge >= 0.3 is 0 Å². The van der Waals surface area contributed by atoms with Gasteiger partial charge in [0.25, 0.3) is 0 Å². The molecule has 5 nitrogen and oxygen atoms in total. The van der Waals surface area contributed by atoms with Crippen LogP contribution in [0.4, 0.5) is 5.69 Å². The molecule has 168 valence electrons. The van der Waals surface area contributed by atoms with Crippen molar-refractivity contribution in [2.45, 2.75) is 25.4 Å². The molecule has 2 N–H and O–H groups in total. The third-order valence-corrected chi connectivity index (χ3v) is 5.74. The van der Waals surface area contributed by atoms with Crippen molar-refractivity contribution in [2.24, 2.45) is 7.05 Å². The molecule has 1 heterocycles. The highest BCUT2D eigenvalue weighted by molar-refractivity contribution is 6.30. The minimum Gasteiger partial charge on any atom is -0.324 e. The van der Waals surface area contributed by atoms with E-state index >= 15 is 0 Å². The van der Waals surface area contributed by atoms with E-state index in [1.807, 2.05) is 98.3 Å². The van der Waals surface area contributed by atoms with Crippen LogP contribution in [0, 0.1) is 0 Å².